The number of ether oxygens (including phenoxy) is 3. The van der Waals surface area contributed by atoms with E-state index in [0.29, 0.717) is 36.7 Å². The molecule has 0 aliphatic rings. The quantitative estimate of drug-likeness (QED) is 0.289. The molecule has 3 aromatic rings. The monoisotopic (exact) mass is 489 g/mol. The van der Waals surface area contributed by atoms with E-state index in [-0.39, 0.29) is 6.61 Å². The van der Waals surface area contributed by atoms with E-state index in [2.05, 4.69) is 15.8 Å². The van der Waals surface area contributed by atoms with Gasteiger partial charge in [-0.3, -0.25) is 4.79 Å². The Morgan fingerprint density at radius 3 is 2.22 bits per heavy atom. The Labute approximate surface area is 211 Å². The summed E-state index contributed by atoms with van der Waals surface area (Å²) in [6.45, 7) is 4.69. The Morgan fingerprint density at radius 2 is 1.56 bits per heavy atom. The molecule has 8 nitrogen and oxygen atoms in total. The van der Waals surface area contributed by atoms with Gasteiger partial charge in [0.2, 0.25) is 0 Å². The summed E-state index contributed by atoms with van der Waals surface area (Å²) in [5.41, 5.74) is 5.16. The minimum atomic E-state index is -0.851. The zero-order chi connectivity index (χ0) is 25.6. The second kappa shape index (κ2) is 14.2. The molecule has 0 aliphatic carbocycles. The Morgan fingerprint density at radius 1 is 0.861 bits per heavy atom. The first-order valence-corrected chi connectivity index (χ1v) is 11.8. The second-order valence-corrected chi connectivity index (χ2v) is 7.75. The number of carbonyl (C=O) groups is 2. The average molecular weight is 490 g/mol. The molecule has 0 aromatic heterocycles. The molecule has 3 rings (SSSR count). The highest BCUT2D eigenvalue weighted by Gasteiger charge is 2.21. The van der Waals surface area contributed by atoms with Gasteiger partial charge >= 0.3 is 6.09 Å². The number of benzene rings is 3. The smallest absolute Gasteiger partial charge is 0.407 e. The van der Waals surface area contributed by atoms with Crippen LogP contribution in [0.25, 0.3) is 0 Å². The first-order valence-electron chi connectivity index (χ1n) is 11.8. The van der Waals surface area contributed by atoms with Crippen LogP contribution < -0.4 is 20.2 Å². The van der Waals surface area contributed by atoms with Crippen molar-refractivity contribution in [2.75, 3.05) is 13.2 Å². The lowest BCUT2D eigenvalue weighted by molar-refractivity contribution is -0.123. The van der Waals surface area contributed by atoms with Crippen molar-refractivity contribution in [3.63, 3.8) is 0 Å². The predicted molar refractivity (Wildman–Crippen MR) is 138 cm³/mol. The highest BCUT2D eigenvalue weighted by Crippen LogP contribution is 2.28. The molecule has 36 heavy (non-hydrogen) atoms. The van der Waals surface area contributed by atoms with E-state index in [9.17, 15) is 9.59 Å². The number of nitrogens with one attached hydrogen (secondary N) is 2. The van der Waals surface area contributed by atoms with Crippen molar-refractivity contribution in [1.29, 1.82) is 0 Å². The molecule has 1 atom stereocenters. The number of rotatable bonds is 12. The van der Waals surface area contributed by atoms with Crippen LogP contribution in [0.4, 0.5) is 4.79 Å². The van der Waals surface area contributed by atoms with Gasteiger partial charge in [-0.1, -0.05) is 60.7 Å². The van der Waals surface area contributed by atoms with Crippen molar-refractivity contribution < 1.29 is 23.8 Å². The van der Waals surface area contributed by atoms with Gasteiger partial charge in [0.25, 0.3) is 5.91 Å². The van der Waals surface area contributed by atoms with Crippen LogP contribution in [0.5, 0.6) is 11.5 Å². The largest absolute Gasteiger partial charge is 0.490 e. The lowest BCUT2D eigenvalue weighted by Crippen LogP contribution is -2.47. The third kappa shape index (κ3) is 8.47. The molecule has 3 aromatic carbocycles. The number of nitrogens with zero attached hydrogens (tertiary/aromatic N) is 1. The van der Waals surface area contributed by atoms with Gasteiger partial charge in [-0.25, -0.2) is 10.2 Å². The van der Waals surface area contributed by atoms with E-state index >= 15 is 0 Å². The van der Waals surface area contributed by atoms with Crippen molar-refractivity contribution in [3.05, 3.63) is 95.6 Å². The number of hydrazone groups is 1. The van der Waals surface area contributed by atoms with Gasteiger partial charge in [0.1, 0.15) is 12.6 Å². The summed E-state index contributed by atoms with van der Waals surface area (Å²) in [5, 5.41) is 6.66. The maximum Gasteiger partial charge on any atom is 0.407 e. The first kappa shape index (κ1) is 26.3. The molecule has 0 saturated carbocycles. The van der Waals surface area contributed by atoms with E-state index in [0.717, 1.165) is 11.1 Å². The first-order chi connectivity index (χ1) is 17.6. The van der Waals surface area contributed by atoms with Crippen LogP contribution in [-0.4, -0.2) is 37.5 Å². The van der Waals surface area contributed by atoms with Crippen LogP contribution in [0.3, 0.4) is 0 Å². The molecule has 0 unspecified atom stereocenters. The summed E-state index contributed by atoms with van der Waals surface area (Å²) in [6.07, 6.45) is 1.14. The summed E-state index contributed by atoms with van der Waals surface area (Å²) < 4.78 is 16.6. The zero-order valence-electron chi connectivity index (χ0n) is 20.5. The molecule has 0 fully saturated rings. The van der Waals surface area contributed by atoms with E-state index in [4.69, 9.17) is 14.2 Å². The SMILES string of the molecule is CCOC(=O)N[C@H](Cc1ccccc1)C(=O)N/N=C\c1ccc(OCc2ccccc2)c(OCC)c1. The topological polar surface area (TPSA) is 98.2 Å². The third-order valence-electron chi connectivity index (χ3n) is 5.06. The summed E-state index contributed by atoms with van der Waals surface area (Å²) >= 11 is 0. The maximum atomic E-state index is 12.8. The Balaban J connectivity index is 1.65. The molecular formula is C28H31N3O5. The molecule has 8 heteroatoms. The van der Waals surface area contributed by atoms with E-state index in [1.165, 1.54) is 6.21 Å². The summed E-state index contributed by atoms with van der Waals surface area (Å²) in [4.78, 5) is 24.7. The minimum absolute atomic E-state index is 0.205. The number of carbonyl (C=O) groups excluding carboxylic acids is 2. The van der Waals surface area contributed by atoms with Gasteiger partial charge < -0.3 is 19.5 Å². The number of amides is 2. The number of hydrogen-bond acceptors (Lipinski definition) is 6. The second-order valence-electron chi connectivity index (χ2n) is 7.75. The van der Waals surface area contributed by atoms with Gasteiger partial charge in [0.05, 0.1) is 19.4 Å². The normalized spacial score (nSPS) is 11.5. The Bertz CT molecular complexity index is 1140. The molecule has 2 N–H and O–H groups in total. The predicted octanol–water partition coefficient (Wildman–Crippen LogP) is 4.47. The van der Waals surface area contributed by atoms with Crippen LogP contribution in [0, 0.1) is 0 Å². The van der Waals surface area contributed by atoms with Crippen molar-refractivity contribution in [3.8, 4) is 11.5 Å². The van der Waals surface area contributed by atoms with Crippen molar-refractivity contribution in [1.82, 2.24) is 10.7 Å². The fourth-order valence-corrected chi connectivity index (χ4v) is 3.35. The van der Waals surface area contributed by atoms with Crippen LogP contribution in [-0.2, 0) is 22.6 Å². The summed E-state index contributed by atoms with van der Waals surface area (Å²) in [5.74, 6) is 0.731. The molecule has 0 bridgehead atoms. The van der Waals surface area contributed by atoms with Gasteiger partial charge in [-0.15, -0.1) is 0 Å². The van der Waals surface area contributed by atoms with E-state index in [1.54, 1.807) is 19.1 Å². The molecule has 0 heterocycles. The van der Waals surface area contributed by atoms with Gasteiger partial charge in [-0.05, 0) is 48.7 Å². The Hall–Kier alpha value is -4.33. The van der Waals surface area contributed by atoms with E-state index < -0.39 is 18.0 Å². The van der Waals surface area contributed by atoms with Gasteiger partial charge in [0, 0.05) is 6.42 Å². The fraction of sp³-hybridized carbons (Fsp3) is 0.250. The van der Waals surface area contributed by atoms with Crippen LogP contribution in [0.2, 0.25) is 0 Å². The lowest BCUT2D eigenvalue weighted by Gasteiger charge is -2.17. The molecule has 0 aliphatic heterocycles. The molecular weight excluding hydrogens is 458 g/mol. The van der Waals surface area contributed by atoms with Crippen LogP contribution in [0.15, 0.2) is 84.0 Å². The van der Waals surface area contributed by atoms with Crippen molar-refractivity contribution >= 4 is 18.2 Å². The number of hydrogen-bond donors (Lipinski definition) is 2. The van der Waals surface area contributed by atoms with Gasteiger partial charge in [0.15, 0.2) is 11.5 Å². The van der Waals surface area contributed by atoms with Crippen molar-refractivity contribution in [2.45, 2.75) is 32.9 Å². The molecule has 2 amide bonds. The zero-order valence-corrected chi connectivity index (χ0v) is 20.5. The van der Waals surface area contributed by atoms with Gasteiger partial charge in [-0.2, -0.15) is 5.10 Å². The minimum Gasteiger partial charge on any atom is -0.490 e. The highest BCUT2D eigenvalue weighted by molar-refractivity contribution is 5.87. The summed E-state index contributed by atoms with van der Waals surface area (Å²) in [6, 6.07) is 23.8. The molecule has 0 radical (unpaired) electrons. The van der Waals surface area contributed by atoms with Crippen molar-refractivity contribution in [2.24, 2.45) is 5.10 Å². The molecule has 0 saturated heterocycles. The number of alkyl carbamates (subject to hydrolysis) is 1. The van der Waals surface area contributed by atoms with Crippen LogP contribution >= 0.6 is 0 Å². The summed E-state index contributed by atoms with van der Waals surface area (Å²) in [7, 11) is 0. The average Bonchev–Trinajstić information content (AvgIpc) is 2.89. The Kier molecular flexibility index (Phi) is 10.3. The third-order valence-corrected chi connectivity index (χ3v) is 5.06. The molecule has 0 spiro atoms. The lowest BCUT2D eigenvalue weighted by atomic mass is 10.1. The standard InChI is InChI=1S/C28H31N3O5/c1-3-34-26-18-23(15-16-25(26)36-20-22-13-9-6-10-14-22)19-29-31-27(32)24(30-28(33)35-4-2)17-21-11-7-5-8-12-21/h5-16,18-19,24H,3-4,17,20H2,1-2H3,(H,30,33)(H,31,32)/b29-19-/t24-/m1/s1. The highest BCUT2D eigenvalue weighted by atomic mass is 16.5. The van der Waals surface area contributed by atoms with Crippen LogP contribution in [0.1, 0.15) is 30.5 Å². The molecule has 188 valence electrons. The fourth-order valence-electron chi connectivity index (χ4n) is 3.35. The van der Waals surface area contributed by atoms with E-state index in [1.807, 2.05) is 73.7 Å². The maximum absolute atomic E-state index is 12.8.